The third-order valence-electron chi connectivity index (χ3n) is 7.96. The Balaban J connectivity index is 1.53. The van der Waals surface area contributed by atoms with Crippen LogP contribution in [0.25, 0.3) is 65.3 Å². The summed E-state index contributed by atoms with van der Waals surface area (Å²) in [5.41, 5.74) is 4.08. The molecule has 8 aromatic rings. The standard InChI is InChI=1S/C41H28/c1-2-13-30-25-32(24-23-28(30)11-1)31-15-10-17-34(26-31)41-38-21-7-5-19-36(38)40(37-20-6-8-22-39(37)41)27-33-16-9-14-29-12-3-4-18-35(29)33/h1-26H,27H2/i5D,6D,7D,8D,19D,20D,21D,22D. The molecular formula is C41H28. The van der Waals surface area contributed by atoms with Crippen LogP contribution in [-0.4, -0.2) is 0 Å². The van der Waals surface area contributed by atoms with E-state index in [9.17, 15) is 5.48 Å². The van der Waals surface area contributed by atoms with Crippen molar-refractivity contribution in [3.8, 4) is 22.3 Å². The van der Waals surface area contributed by atoms with Gasteiger partial charge < -0.3 is 0 Å². The molecule has 0 unspecified atom stereocenters. The Morgan fingerprint density at radius 3 is 1.78 bits per heavy atom. The fraction of sp³-hybridized carbons (Fsp3) is 0.0244. The molecule has 0 saturated carbocycles. The minimum Gasteiger partial charge on any atom is -0.0616 e. The molecule has 0 aliphatic rings. The maximum absolute atomic E-state index is 9.24. The second-order valence-corrected chi connectivity index (χ2v) is 10.3. The molecule has 41 heavy (non-hydrogen) atoms. The summed E-state index contributed by atoms with van der Waals surface area (Å²) in [7, 11) is 0. The number of fused-ring (bicyclic) bond motifs is 4. The Hall–Kier alpha value is -5.20. The molecule has 8 aromatic carbocycles. The van der Waals surface area contributed by atoms with Gasteiger partial charge in [-0.05, 0) is 95.0 Å². The molecular weight excluding hydrogens is 492 g/mol. The van der Waals surface area contributed by atoms with Crippen LogP contribution in [0.15, 0.2) is 158 Å². The van der Waals surface area contributed by atoms with Crippen molar-refractivity contribution < 1.29 is 11.0 Å². The minimum absolute atomic E-state index is 0.190. The van der Waals surface area contributed by atoms with Crippen molar-refractivity contribution in [2.45, 2.75) is 6.42 Å². The largest absolute Gasteiger partial charge is 0.0629 e. The van der Waals surface area contributed by atoms with E-state index in [0.717, 1.165) is 38.2 Å². The van der Waals surface area contributed by atoms with Crippen molar-refractivity contribution in [3.05, 3.63) is 169 Å². The zero-order chi connectivity index (χ0) is 34.1. The van der Waals surface area contributed by atoms with Crippen LogP contribution >= 0.6 is 0 Å². The van der Waals surface area contributed by atoms with Crippen molar-refractivity contribution in [1.29, 1.82) is 0 Å². The van der Waals surface area contributed by atoms with Crippen LogP contribution in [0.1, 0.15) is 22.1 Å². The summed E-state index contributed by atoms with van der Waals surface area (Å²) in [5, 5.41) is 5.10. The molecule has 0 nitrogen and oxygen atoms in total. The van der Waals surface area contributed by atoms with Crippen LogP contribution in [0.2, 0.25) is 0 Å². The van der Waals surface area contributed by atoms with Gasteiger partial charge in [0, 0.05) is 0 Å². The first-order valence-corrected chi connectivity index (χ1v) is 13.7. The summed E-state index contributed by atoms with van der Waals surface area (Å²) >= 11 is 0. The second kappa shape index (κ2) is 9.77. The van der Waals surface area contributed by atoms with E-state index >= 15 is 0 Å². The molecule has 0 N–H and O–H groups in total. The molecule has 0 heteroatoms. The van der Waals surface area contributed by atoms with Gasteiger partial charge in [0.2, 0.25) is 0 Å². The molecule has 8 rings (SSSR count). The first-order chi connectivity index (χ1) is 23.7. The van der Waals surface area contributed by atoms with Gasteiger partial charge >= 0.3 is 0 Å². The highest BCUT2D eigenvalue weighted by atomic mass is 14.2. The van der Waals surface area contributed by atoms with Crippen molar-refractivity contribution in [2.24, 2.45) is 0 Å². The minimum atomic E-state index is -0.402. The number of hydrogen-bond donors (Lipinski definition) is 0. The van der Waals surface area contributed by atoms with E-state index in [1.54, 1.807) is 0 Å². The molecule has 0 bridgehead atoms. The van der Waals surface area contributed by atoms with Gasteiger partial charge in [-0.1, -0.05) is 145 Å². The van der Waals surface area contributed by atoms with Gasteiger partial charge in [-0.3, -0.25) is 0 Å². The normalized spacial score (nSPS) is 14.2. The maximum Gasteiger partial charge on any atom is 0.0629 e. The van der Waals surface area contributed by atoms with Crippen LogP contribution in [-0.2, 0) is 6.42 Å². The molecule has 0 heterocycles. The Morgan fingerprint density at radius 1 is 0.415 bits per heavy atom. The highest BCUT2D eigenvalue weighted by Gasteiger charge is 2.16. The van der Waals surface area contributed by atoms with Gasteiger partial charge in [0.25, 0.3) is 0 Å². The van der Waals surface area contributed by atoms with Crippen molar-refractivity contribution in [3.63, 3.8) is 0 Å². The third-order valence-corrected chi connectivity index (χ3v) is 7.96. The quantitative estimate of drug-likeness (QED) is 0.199. The highest BCUT2D eigenvalue weighted by Crippen LogP contribution is 2.41. The van der Waals surface area contributed by atoms with Gasteiger partial charge in [0.05, 0.1) is 11.0 Å². The van der Waals surface area contributed by atoms with E-state index in [0.29, 0.717) is 16.7 Å². The Kier molecular flexibility index (Phi) is 4.00. The van der Waals surface area contributed by atoms with E-state index in [1.807, 2.05) is 97.1 Å². The molecule has 0 atom stereocenters. The fourth-order valence-electron chi connectivity index (χ4n) is 6.03. The summed E-state index contributed by atoms with van der Waals surface area (Å²) in [5.74, 6) is 0. The molecule has 0 fully saturated rings. The SMILES string of the molecule is [2H]c1c([2H])c([2H])c2c(-c3cccc(-c4ccc5ccccc5c4)c3)c3c([2H])c([2H])c([2H])c([2H])c3c(Cc3cccc4ccccc34)c2c1[2H]. The van der Waals surface area contributed by atoms with Crippen LogP contribution in [0.3, 0.4) is 0 Å². The van der Waals surface area contributed by atoms with E-state index in [2.05, 4.69) is 12.1 Å². The summed E-state index contributed by atoms with van der Waals surface area (Å²) in [6, 6.07) is 33.0. The van der Waals surface area contributed by atoms with E-state index in [4.69, 9.17) is 5.48 Å². The summed E-state index contributed by atoms with van der Waals surface area (Å²) in [4.78, 5) is 0. The number of benzene rings is 8. The molecule has 0 amide bonds. The van der Waals surface area contributed by atoms with Crippen LogP contribution in [0.5, 0.6) is 0 Å². The average molecular weight is 529 g/mol. The van der Waals surface area contributed by atoms with Crippen LogP contribution < -0.4 is 0 Å². The summed E-state index contributed by atoms with van der Waals surface area (Å²) in [6.45, 7) is 0. The smallest absolute Gasteiger partial charge is 0.0616 e. The summed E-state index contributed by atoms with van der Waals surface area (Å²) < 4.78 is 71.7. The number of hydrogen-bond acceptors (Lipinski definition) is 0. The van der Waals surface area contributed by atoms with Gasteiger partial charge in [0.15, 0.2) is 0 Å². The fourth-order valence-corrected chi connectivity index (χ4v) is 6.03. The first-order valence-electron chi connectivity index (χ1n) is 17.7. The topological polar surface area (TPSA) is 0 Å². The first kappa shape index (κ1) is 16.8. The Bertz CT molecular complexity index is 2590. The number of rotatable bonds is 4. The lowest BCUT2D eigenvalue weighted by molar-refractivity contribution is 1.26. The van der Waals surface area contributed by atoms with Gasteiger partial charge in [-0.25, -0.2) is 0 Å². The Labute approximate surface area is 251 Å². The van der Waals surface area contributed by atoms with Crippen molar-refractivity contribution in [1.82, 2.24) is 0 Å². The van der Waals surface area contributed by atoms with E-state index < -0.39 is 24.2 Å². The third kappa shape index (κ3) is 4.08. The maximum atomic E-state index is 9.24. The van der Waals surface area contributed by atoms with Crippen LogP contribution in [0, 0.1) is 0 Å². The van der Waals surface area contributed by atoms with Gasteiger partial charge in [0.1, 0.15) is 0 Å². The molecule has 0 spiro atoms. The second-order valence-electron chi connectivity index (χ2n) is 10.3. The van der Waals surface area contributed by atoms with Crippen molar-refractivity contribution >= 4 is 43.1 Å². The van der Waals surface area contributed by atoms with Crippen LogP contribution in [0.4, 0.5) is 0 Å². The van der Waals surface area contributed by atoms with Crippen molar-refractivity contribution in [2.75, 3.05) is 0 Å². The molecule has 192 valence electrons. The lowest BCUT2D eigenvalue weighted by Gasteiger charge is -2.18. The predicted octanol–water partition coefficient (Wildman–Crippen LogP) is 11.2. The lowest BCUT2D eigenvalue weighted by Crippen LogP contribution is -1.96. The molecule has 0 aromatic heterocycles. The summed E-state index contributed by atoms with van der Waals surface area (Å²) in [6.07, 6.45) is 0.190. The molecule has 0 radical (unpaired) electrons. The predicted molar refractivity (Wildman–Crippen MR) is 177 cm³/mol. The van der Waals surface area contributed by atoms with E-state index in [-0.39, 0.29) is 52.1 Å². The zero-order valence-electron chi connectivity index (χ0n) is 30.1. The zero-order valence-corrected chi connectivity index (χ0v) is 22.1. The lowest BCUT2D eigenvalue weighted by atomic mass is 9.85. The average Bonchev–Trinajstić information content (AvgIpc) is 3.13. The van der Waals surface area contributed by atoms with Gasteiger partial charge in [-0.2, -0.15) is 0 Å². The molecule has 0 saturated heterocycles. The molecule has 0 aliphatic heterocycles. The van der Waals surface area contributed by atoms with E-state index in [1.165, 1.54) is 0 Å². The monoisotopic (exact) mass is 528 g/mol. The Morgan fingerprint density at radius 2 is 1.00 bits per heavy atom. The highest BCUT2D eigenvalue weighted by molar-refractivity contribution is 6.15. The van der Waals surface area contributed by atoms with Gasteiger partial charge in [-0.15, -0.1) is 0 Å². The molecule has 0 aliphatic carbocycles.